The van der Waals surface area contributed by atoms with Crippen LogP contribution >= 0.6 is 11.6 Å². The fourth-order valence-electron chi connectivity index (χ4n) is 2.20. The van der Waals surface area contributed by atoms with E-state index >= 15 is 0 Å². The van der Waals surface area contributed by atoms with Gasteiger partial charge in [0.1, 0.15) is 5.82 Å². The Morgan fingerprint density at radius 3 is 2.63 bits per heavy atom. The van der Waals surface area contributed by atoms with Gasteiger partial charge in [-0.3, -0.25) is 0 Å². The molecule has 96 valence electrons. The average Bonchev–Trinajstić information content (AvgIpc) is 2.68. The Labute approximate surface area is 116 Å². The number of halogens is 1. The topological polar surface area (TPSA) is 43.8 Å². The minimum absolute atomic E-state index is 0.713. The highest BCUT2D eigenvalue weighted by Crippen LogP contribution is 2.21. The minimum atomic E-state index is 0.713. The lowest BCUT2D eigenvalue weighted by atomic mass is 10.1. The maximum atomic E-state index is 5.99. The first-order chi connectivity index (χ1) is 9.13. The summed E-state index contributed by atoms with van der Waals surface area (Å²) in [6, 6.07) is 13.7. The highest BCUT2D eigenvalue weighted by Gasteiger charge is 2.08. The van der Waals surface area contributed by atoms with Crippen LogP contribution in [0.1, 0.15) is 11.4 Å². The number of nitrogen functional groups attached to an aromatic ring is 1. The van der Waals surface area contributed by atoms with Crippen molar-refractivity contribution in [1.29, 1.82) is 0 Å². The van der Waals surface area contributed by atoms with E-state index in [9.17, 15) is 0 Å². The number of hydrogen-bond acceptors (Lipinski definition) is 2. The second kappa shape index (κ2) is 4.59. The van der Waals surface area contributed by atoms with Crippen LogP contribution < -0.4 is 5.73 Å². The van der Waals surface area contributed by atoms with Crippen molar-refractivity contribution in [3.8, 4) is 0 Å². The number of fused-ring (bicyclic) bond motifs is 1. The lowest BCUT2D eigenvalue weighted by Crippen LogP contribution is -1.99. The second-order valence-corrected chi connectivity index (χ2v) is 5.07. The van der Waals surface area contributed by atoms with E-state index in [4.69, 9.17) is 17.3 Å². The van der Waals surface area contributed by atoms with E-state index in [2.05, 4.69) is 9.55 Å². The number of rotatable bonds is 2. The zero-order valence-corrected chi connectivity index (χ0v) is 11.4. The predicted molar refractivity (Wildman–Crippen MR) is 79.4 cm³/mol. The first-order valence-electron chi connectivity index (χ1n) is 6.09. The third-order valence-electron chi connectivity index (χ3n) is 3.28. The molecule has 2 N–H and O–H groups in total. The molecule has 0 spiro atoms. The number of nitrogens with two attached hydrogens (primary N) is 1. The molecule has 4 heteroatoms. The molecule has 0 saturated carbocycles. The number of benzene rings is 2. The molecule has 0 unspecified atom stereocenters. The lowest BCUT2D eigenvalue weighted by molar-refractivity contribution is 0.845. The van der Waals surface area contributed by atoms with Gasteiger partial charge in [-0.1, -0.05) is 23.7 Å². The predicted octanol–water partition coefficient (Wildman–Crippen LogP) is 3.40. The largest absolute Gasteiger partial charge is 0.399 e. The van der Waals surface area contributed by atoms with E-state index in [1.807, 2.05) is 49.5 Å². The maximum absolute atomic E-state index is 5.99. The summed E-state index contributed by atoms with van der Waals surface area (Å²) in [6.07, 6.45) is 0.781. The van der Waals surface area contributed by atoms with Gasteiger partial charge in [0, 0.05) is 24.2 Å². The van der Waals surface area contributed by atoms with Crippen LogP contribution in [0.4, 0.5) is 5.69 Å². The van der Waals surface area contributed by atoms with E-state index < -0.39 is 0 Å². The molecule has 3 nitrogen and oxygen atoms in total. The monoisotopic (exact) mass is 271 g/mol. The lowest BCUT2D eigenvalue weighted by Gasteiger charge is -2.03. The van der Waals surface area contributed by atoms with Gasteiger partial charge in [-0.2, -0.15) is 0 Å². The number of aromatic nitrogens is 2. The second-order valence-electron chi connectivity index (χ2n) is 4.64. The van der Waals surface area contributed by atoms with Crippen LogP contribution in [-0.2, 0) is 13.5 Å². The summed E-state index contributed by atoms with van der Waals surface area (Å²) in [7, 11) is 2.02. The smallest absolute Gasteiger partial charge is 0.114 e. The Kier molecular flexibility index (Phi) is 2.91. The fourth-order valence-corrected chi connectivity index (χ4v) is 2.37. The number of hydrogen-bond donors (Lipinski definition) is 1. The molecular formula is C15H14ClN3. The molecule has 0 saturated heterocycles. The molecule has 1 heterocycles. The molecule has 0 aliphatic rings. The van der Waals surface area contributed by atoms with Crippen molar-refractivity contribution >= 4 is 28.3 Å². The van der Waals surface area contributed by atoms with Crippen LogP contribution in [0.25, 0.3) is 11.0 Å². The molecule has 0 bridgehead atoms. The van der Waals surface area contributed by atoms with E-state index in [0.717, 1.165) is 29.0 Å². The zero-order valence-electron chi connectivity index (χ0n) is 10.6. The van der Waals surface area contributed by atoms with E-state index in [0.29, 0.717) is 5.02 Å². The molecule has 0 radical (unpaired) electrons. The molecule has 0 amide bonds. The first kappa shape index (κ1) is 12.1. The van der Waals surface area contributed by atoms with Crippen LogP contribution in [0.15, 0.2) is 42.5 Å². The molecule has 1 aromatic heterocycles. The fraction of sp³-hybridized carbons (Fsp3) is 0.133. The Balaban J connectivity index is 2.01. The normalized spacial score (nSPS) is 11.1. The molecule has 19 heavy (non-hydrogen) atoms. The van der Waals surface area contributed by atoms with E-state index in [1.54, 1.807) is 0 Å². The molecule has 0 aliphatic carbocycles. The standard InChI is InChI=1S/C15H14ClN3/c1-19-14-7-4-11(16)9-13(14)18-15(19)8-10-2-5-12(17)6-3-10/h2-7,9H,8,17H2,1H3. The van der Waals surface area contributed by atoms with Gasteiger partial charge in [-0.05, 0) is 35.9 Å². The van der Waals surface area contributed by atoms with Crippen molar-refractivity contribution in [1.82, 2.24) is 9.55 Å². The Hall–Kier alpha value is -2.00. The zero-order chi connectivity index (χ0) is 13.4. The van der Waals surface area contributed by atoms with Gasteiger partial charge in [-0.15, -0.1) is 0 Å². The number of anilines is 1. The molecular weight excluding hydrogens is 258 g/mol. The third kappa shape index (κ3) is 2.29. The van der Waals surface area contributed by atoms with Gasteiger partial charge >= 0.3 is 0 Å². The third-order valence-corrected chi connectivity index (χ3v) is 3.51. The summed E-state index contributed by atoms with van der Waals surface area (Å²) < 4.78 is 2.10. The van der Waals surface area contributed by atoms with E-state index in [1.165, 1.54) is 5.56 Å². The van der Waals surface area contributed by atoms with Gasteiger partial charge in [0.15, 0.2) is 0 Å². The maximum Gasteiger partial charge on any atom is 0.114 e. The van der Waals surface area contributed by atoms with Gasteiger partial charge < -0.3 is 10.3 Å². The summed E-state index contributed by atoms with van der Waals surface area (Å²) in [6.45, 7) is 0. The molecule has 0 atom stereocenters. The van der Waals surface area contributed by atoms with Crippen molar-refractivity contribution in [2.24, 2.45) is 7.05 Å². The SMILES string of the molecule is Cn1c(Cc2ccc(N)cc2)nc2cc(Cl)ccc21. The average molecular weight is 272 g/mol. The Bertz CT molecular complexity index is 729. The highest BCUT2D eigenvalue weighted by atomic mass is 35.5. The summed E-state index contributed by atoms with van der Waals surface area (Å²) in [5.74, 6) is 1.02. The minimum Gasteiger partial charge on any atom is -0.399 e. The van der Waals surface area contributed by atoms with Gasteiger partial charge in [0.25, 0.3) is 0 Å². The van der Waals surface area contributed by atoms with Gasteiger partial charge in [0.2, 0.25) is 0 Å². The quantitative estimate of drug-likeness (QED) is 0.726. The van der Waals surface area contributed by atoms with Crippen molar-refractivity contribution in [2.75, 3.05) is 5.73 Å². The summed E-state index contributed by atoms with van der Waals surface area (Å²) in [5.41, 5.74) is 9.69. The van der Waals surface area contributed by atoms with Gasteiger partial charge in [-0.25, -0.2) is 4.98 Å². The van der Waals surface area contributed by atoms with Crippen LogP contribution in [0.3, 0.4) is 0 Å². The molecule has 0 fully saturated rings. The molecule has 3 aromatic rings. The van der Waals surface area contributed by atoms with Crippen LogP contribution in [0.2, 0.25) is 5.02 Å². The Morgan fingerprint density at radius 1 is 1.16 bits per heavy atom. The summed E-state index contributed by atoms with van der Waals surface area (Å²) >= 11 is 5.99. The molecule has 2 aromatic carbocycles. The van der Waals surface area contributed by atoms with Crippen molar-refractivity contribution in [2.45, 2.75) is 6.42 Å². The highest BCUT2D eigenvalue weighted by molar-refractivity contribution is 6.31. The Morgan fingerprint density at radius 2 is 1.89 bits per heavy atom. The number of imidazole rings is 1. The number of aryl methyl sites for hydroxylation is 1. The molecule has 3 rings (SSSR count). The van der Waals surface area contributed by atoms with Crippen molar-refractivity contribution in [3.05, 3.63) is 58.9 Å². The van der Waals surface area contributed by atoms with Crippen LogP contribution in [-0.4, -0.2) is 9.55 Å². The summed E-state index contributed by atoms with van der Waals surface area (Å²) in [4.78, 5) is 4.64. The van der Waals surface area contributed by atoms with Crippen molar-refractivity contribution in [3.63, 3.8) is 0 Å². The molecule has 0 aliphatic heterocycles. The number of nitrogens with zero attached hydrogens (tertiary/aromatic N) is 2. The summed E-state index contributed by atoms with van der Waals surface area (Å²) in [5, 5.41) is 0.713. The van der Waals surface area contributed by atoms with E-state index in [-0.39, 0.29) is 0 Å². The van der Waals surface area contributed by atoms with Gasteiger partial charge in [0.05, 0.1) is 11.0 Å². The van der Waals surface area contributed by atoms with Crippen LogP contribution in [0.5, 0.6) is 0 Å². The van der Waals surface area contributed by atoms with Crippen molar-refractivity contribution < 1.29 is 0 Å². The first-order valence-corrected chi connectivity index (χ1v) is 6.46. The van der Waals surface area contributed by atoms with Crippen LogP contribution in [0, 0.1) is 0 Å².